The molecule has 1 fully saturated rings. The minimum Gasteiger partial charge on any atom is -0.478 e. The predicted molar refractivity (Wildman–Crippen MR) is 81.0 cm³/mol. The Bertz CT molecular complexity index is 548. The second-order valence-electron chi connectivity index (χ2n) is 4.78. The molecule has 2 rings (SSSR count). The van der Waals surface area contributed by atoms with Gasteiger partial charge in [0.1, 0.15) is 0 Å². The molecule has 1 amide bonds. The van der Waals surface area contributed by atoms with Gasteiger partial charge in [0.15, 0.2) is 0 Å². The largest absolute Gasteiger partial charge is 0.478 e. The van der Waals surface area contributed by atoms with E-state index < -0.39 is 5.97 Å². The topological polar surface area (TPSA) is 66.4 Å². The highest BCUT2D eigenvalue weighted by Crippen LogP contribution is 2.18. The van der Waals surface area contributed by atoms with Crippen molar-refractivity contribution in [3.63, 3.8) is 0 Å². The average Bonchev–Trinajstić information content (AvgIpc) is 2.89. The highest BCUT2D eigenvalue weighted by Gasteiger charge is 2.18. The number of benzene rings is 1. The first-order valence-electron chi connectivity index (χ1n) is 6.46. The molecule has 1 aliphatic rings. The van der Waals surface area contributed by atoms with Crippen molar-refractivity contribution in [2.75, 3.05) is 11.5 Å². The summed E-state index contributed by atoms with van der Waals surface area (Å²) in [5.41, 5.74) is 2.31. The molecule has 1 atom stereocenters. The number of carbonyl (C=O) groups is 2. The Kier molecular flexibility index (Phi) is 4.84. The molecule has 0 saturated carbocycles. The van der Waals surface area contributed by atoms with Crippen LogP contribution >= 0.6 is 11.8 Å². The number of amides is 1. The Balaban J connectivity index is 2.07. The molecule has 1 aliphatic heterocycles. The summed E-state index contributed by atoms with van der Waals surface area (Å²) in [6, 6.07) is 5.55. The van der Waals surface area contributed by atoms with Crippen LogP contribution in [0.1, 0.15) is 27.9 Å². The zero-order valence-corrected chi connectivity index (χ0v) is 12.1. The van der Waals surface area contributed by atoms with Crippen molar-refractivity contribution < 1.29 is 14.7 Å². The Morgan fingerprint density at radius 1 is 1.45 bits per heavy atom. The van der Waals surface area contributed by atoms with Crippen LogP contribution in [-0.4, -0.2) is 34.5 Å². The van der Waals surface area contributed by atoms with Crippen LogP contribution in [0.4, 0.5) is 0 Å². The van der Waals surface area contributed by atoms with Crippen molar-refractivity contribution in [1.82, 2.24) is 5.32 Å². The summed E-state index contributed by atoms with van der Waals surface area (Å²) in [6.45, 7) is 1.86. The molecule has 20 heavy (non-hydrogen) atoms. The van der Waals surface area contributed by atoms with E-state index in [9.17, 15) is 9.59 Å². The summed E-state index contributed by atoms with van der Waals surface area (Å²) >= 11 is 1.85. The normalized spacial score (nSPS) is 18.4. The molecular formula is C15H17NO3S. The molecule has 0 spiro atoms. The number of hydrogen-bond donors (Lipinski definition) is 2. The minimum absolute atomic E-state index is 0.0608. The van der Waals surface area contributed by atoms with Crippen LogP contribution < -0.4 is 5.32 Å². The number of carboxylic acids is 1. The first kappa shape index (κ1) is 14.7. The number of thioether (sulfide) groups is 1. The van der Waals surface area contributed by atoms with E-state index in [1.165, 1.54) is 6.08 Å². The third-order valence-electron chi connectivity index (χ3n) is 3.20. The second kappa shape index (κ2) is 6.61. The van der Waals surface area contributed by atoms with Crippen LogP contribution in [0.15, 0.2) is 24.3 Å². The van der Waals surface area contributed by atoms with E-state index in [4.69, 9.17) is 5.11 Å². The quantitative estimate of drug-likeness (QED) is 0.836. The Hall–Kier alpha value is -1.75. The van der Waals surface area contributed by atoms with Gasteiger partial charge in [-0.1, -0.05) is 6.07 Å². The van der Waals surface area contributed by atoms with Crippen molar-refractivity contribution in [1.29, 1.82) is 0 Å². The lowest BCUT2D eigenvalue weighted by atomic mass is 10.0. The lowest BCUT2D eigenvalue weighted by molar-refractivity contribution is -0.131. The molecular weight excluding hydrogens is 274 g/mol. The van der Waals surface area contributed by atoms with E-state index in [1.54, 1.807) is 18.2 Å². The van der Waals surface area contributed by atoms with Gasteiger partial charge in [0, 0.05) is 23.4 Å². The fraction of sp³-hybridized carbons (Fsp3) is 0.333. The van der Waals surface area contributed by atoms with Gasteiger partial charge in [-0.25, -0.2) is 4.79 Å². The first-order valence-corrected chi connectivity index (χ1v) is 7.62. The molecule has 2 N–H and O–H groups in total. The fourth-order valence-corrected chi connectivity index (χ4v) is 3.23. The molecule has 1 aromatic rings. The van der Waals surface area contributed by atoms with E-state index in [0.29, 0.717) is 5.56 Å². The van der Waals surface area contributed by atoms with E-state index in [-0.39, 0.29) is 11.9 Å². The van der Waals surface area contributed by atoms with Crippen LogP contribution in [0.2, 0.25) is 0 Å². The molecule has 0 aromatic heterocycles. The molecule has 5 heteroatoms. The number of hydrogen-bond acceptors (Lipinski definition) is 3. The van der Waals surface area contributed by atoms with Gasteiger partial charge < -0.3 is 10.4 Å². The van der Waals surface area contributed by atoms with Gasteiger partial charge in [0.2, 0.25) is 0 Å². The van der Waals surface area contributed by atoms with E-state index in [2.05, 4.69) is 5.32 Å². The summed E-state index contributed by atoms with van der Waals surface area (Å²) in [7, 11) is 0. The molecule has 106 valence electrons. The number of rotatable bonds is 4. The third kappa shape index (κ3) is 3.87. The molecule has 4 nitrogen and oxygen atoms in total. The maximum atomic E-state index is 12.1. The average molecular weight is 291 g/mol. The fourth-order valence-electron chi connectivity index (χ4n) is 2.08. The zero-order chi connectivity index (χ0) is 14.5. The van der Waals surface area contributed by atoms with Gasteiger partial charge in [-0.15, -0.1) is 0 Å². The van der Waals surface area contributed by atoms with Gasteiger partial charge in [-0.05, 0) is 48.4 Å². The van der Waals surface area contributed by atoms with Gasteiger partial charge in [0.25, 0.3) is 5.91 Å². The molecule has 1 heterocycles. The van der Waals surface area contributed by atoms with Crippen LogP contribution in [0, 0.1) is 6.92 Å². The highest BCUT2D eigenvalue weighted by molar-refractivity contribution is 7.99. The number of aryl methyl sites for hydroxylation is 1. The summed E-state index contributed by atoms with van der Waals surface area (Å²) in [5.74, 6) is 1.03. The monoisotopic (exact) mass is 291 g/mol. The van der Waals surface area contributed by atoms with Crippen molar-refractivity contribution in [2.45, 2.75) is 19.4 Å². The maximum Gasteiger partial charge on any atom is 0.328 e. The third-order valence-corrected chi connectivity index (χ3v) is 4.36. The number of carbonyl (C=O) groups excluding carboxylic acids is 1. The molecule has 0 bridgehead atoms. The lowest BCUT2D eigenvalue weighted by Gasteiger charge is -2.12. The zero-order valence-electron chi connectivity index (χ0n) is 11.3. The van der Waals surface area contributed by atoms with Gasteiger partial charge in [0.05, 0.1) is 0 Å². The van der Waals surface area contributed by atoms with Gasteiger partial charge >= 0.3 is 5.97 Å². The Morgan fingerprint density at radius 3 is 2.85 bits per heavy atom. The van der Waals surface area contributed by atoms with Crippen LogP contribution in [-0.2, 0) is 4.79 Å². The number of aliphatic carboxylic acids is 1. The Morgan fingerprint density at radius 2 is 2.25 bits per heavy atom. The van der Waals surface area contributed by atoms with Crippen molar-refractivity contribution in [3.05, 3.63) is 41.0 Å². The van der Waals surface area contributed by atoms with Gasteiger partial charge in [-0.3, -0.25) is 4.79 Å². The van der Waals surface area contributed by atoms with Crippen LogP contribution in [0.3, 0.4) is 0 Å². The molecule has 1 unspecified atom stereocenters. The predicted octanol–water partition coefficient (Wildman–Crippen LogP) is 2.33. The minimum atomic E-state index is -0.982. The molecule has 0 radical (unpaired) electrons. The maximum absolute atomic E-state index is 12.1. The SMILES string of the molecule is Cc1cc(C(=O)NC2CCSC2)ccc1/C=C/C(=O)O. The second-order valence-corrected chi connectivity index (χ2v) is 5.93. The van der Waals surface area contributed by atoms with Gasteiger partial charge in [-0.2, -0.15) is 11.8 Å². The summed E-state index contributed by atoms with van der Waals surface area (Å²) in [5, 5.41) is 11.6. The molecule has 1 aromatic carbocycles. The van der Waals surface area contributed by atoms with E-state index in [0.717, 1.165) is 35.1 Å². The van der Waals surface area contributed by atoms with E-state index in [1.807, 2.05) is 18.7 Å². The summed E-state index contributed by atoms with van der Waals surface area (Å²) in [4.78, 5) is 22.6. The Labute approximate surface area is 122 Å². The molecule has 1 saturated heterocycles. The van der Waals surface area contributed by atoms with Crippen molar-refractivity contribution in [3.8, 4) is 0 Å². The van der Waals surface area contributed by atoms with Crippen molar-refractivity contribution >= 4 is 29.7 Å². The number of carboxylic acid groups (broad SMARTS) is 1. The standard InChI is InChI=1S/C15H17NO3S/c1-10-8-12(3-2-11(10)4-5-14(17)18)15(19)16-13-6-7-20-9-13/h2-5,8,13H,6-7,9H2,1H3,(H,16,19)(H,17,18)/b5-4+. The summed E-state index contributed by atoms with van der Waals surface area (Å²) in [6.07, 6.45) is 3.65. The first-order chi connectivity index (χ1) is 9.56. The van der Waals surface area contributed by atoms with Crippen LogP contribution in [0.5, 0.6) is 0 Å². The highest BCUT2D eigenvalue weighted by atomic mass is 32.2. The summed E-state index contributed by atoms with van der Waals surface area (Å²) < 4.78 is 0. The molecule has 0 aliphatic carbocycles. The van der Waals surface area contributed by atoms with E-state index >= 15 is 0 Å². The van der Waals surface area contributed by atoms with Crippen molar-refractivity contribution in [2.24, 2.45) is 0 Å². The number of nitrogens with one attached hydrogen (secondary N) is 1. The smallest absolute Gasteiger partial charge is 0.328 e. The van der Waals surface area contributed by atoms with Crippen LogP contribution in [0.25, 0.3) is 6.08 Å². The lowest BCUT2D eigenvalue weighted by Crippen LogP contribution is -2.34.